The third-order valence-corrected chi connectivity index (χ3v) is 1.55. The molecule has 0 radical (unpaired) electrons. The van der Waals surface area contributed by atoms with Gasteiger partial charge in [-0.05, 0) is 0 Å². The van der Waals surface area contributed by atoms with E-state index in [0.29, 0.717) is 0 Å². The molecule has 96 valence electrons. The third kappa shape index (κ3) is 1.61. The molecule has 1 heterocycles. The van der Waals surface area contributed by atoms with Crippen molar-refractivity contribution >= 4 is 0 Å². The molecule has 0 aromatic heterocycles. The lowest BCUT2D eigenvalue weighted by Crippen LogP contribution is -2.53. The van der Waals surface area contributed by atoms with Crippen LogP contribution in [0.5, 0.6) is 0 Å². The predicted molar refractivity (Wildman–Crippen MR) is 26.9 cm³/mol. The Morgan fingerprint density at radius 2 is 1.31 bits per heavy atom. The van der Waals surface area contributed by atoms with E-state index in [1.807, 2.05) is 0 Å². The predicted octanol–water partition coefficient (Wildman–Crippen LogP) is 2.74. The second-order valence-electron chi connectivity index (χ2n) is 2.70. The highest BCUT2D eigenvalue weighted by Gasteiger charge is 2.84. The van der Waals surface area contributed by atoms with Gasteiger partial charge in [-0.15, -0.1) is 0 Å². The van der Waals surface area contributed by atoms with Crippen LogP contribution in [0.15, 0.2) is 0 Å². The third-order valence-electron chi connectivity index (χ3n) is 1.55. The molecule has 0 spiro atoms. The topological polar surface area (TPSA) is 18.5 Å². The van der Waals surface area contributed by atoms with Crippen molar-refractivity contribution in [1.82, 2.24) is 0 Å². The Hall–Kier alpha value is -0.710. The molecule has 2 unspecified atom stereocenters. The molecule has 2 atom stereocenters. The SMILES string of the molecule is FC(F)C1(F)OC(F)(F)C(F)(C(F)(F)F)O1. The molecule has 1 rings (SSSR count). The zero-order chi connectivity index (χ0) is 13.0. The van der Waals surface area contributed by atoms with Gasteiger partial charge in [0.2, 0.25) is 0 Å². The van der Waals surface area contributed by atoms with Gasteiger partial charge in [-0.2, -0.15) is 30.7 Å². The van der Waals surface area contributed by atoms with Crippen LogP contribution in [0.2, 0.25) is 0 Å². The van der Waals surface area contributed by atoms with Gasteiger partial charge >= 0.3 is 30.6 Å². The van der Waals surface area contributed by atoms with Crippen molar-refractivity contribution in [3.05, 3.63) is 0 Å². The van der Waals surface area contributed by atoms with Crippen molar-refractivity contribution in [2.24, 2.45) is 0 Å². The maximum atomic E-state index is 12.7. The van der Waals surface area contributed by atoms with Crippen LogP contribution < -0.4 is 0 Å². The lowest BCUT2D eigenvalue weighted by molar-refractivity contribution is -0.399. The monoisotopic (exact) mass is 264 g/mol. The largest absolute Gasteiger partial charge is 0.458 e. The van der Waals surface area contributed by atoms with Gasteiger partial charge in [-0.25, -0.2) is 13.5 Å². The number of alkyl halides is 9. The maximum Gasteiger partial charge on any atom is 0.458 e. The lowest BCUT2D eigenvalue weighted by atomic mass is 10.3. The van der Waals surface area contributed by atoms with Crippen LogP contribution in [0.3, 0.4) is 0 Å². The first kappa shape index (κ1) is 13.4. The van der Waals surface area contributed by atoms with Gasteiger partial charge in [-0.1, -0.05) is 0 Å². The standard InChI is InChI=1S/C5HF9O2/c6-1(7)2(8)15-3(9,4(10,11)12)5(13,14)16-2/h1H. The van der Waals surface area contributed by atoms with Gasteiger partial charge in [0.05, 0.1) is 0 Å². The first-order chi connectivity index (χ1) is 6.86. The summed E-state index contributed by atoms with van der Waals surface area (Å²) in [5.74, 6) is -5.97. The smallest absolute Gasteiger partial charge is 0.266 e. The van der Waals surface area contributed by atoms with Crippen LogP contribution in [-0.2, 0) is 9.47 Å². The van der Waals surface area contributed by atoms with Gasteiger partial charge in [0.25, 0.3) is 0 Å². The van der Waals surface area contributed by atoms with Crippen LogP contribution in [-0.4, -0.2) is 30.6 Å². The average molecular weight is 264 g/mol. The first-order valence-electron chi connectivity index (χ1n) is 3.36. The minimum absolute atomic E-state index is 2.37. The zero-order valence-electron chi connectivity index (χ0n) is 6.80. The summed E-state index contributed by atoms with van der Waals surface area (Å²) in [6, 6.07) is -5.16. The van der Waals surface area contributed by atoms with Crippen molar-refractivity contribution in [2.45, 2.75) is 30.6 Å². The summed E-state index contributed by atoms with van der Waals surface area (Å²) in [6.45, 7) is 0. The highest BCUT2D eigenvalue weighted by molar-refractivity contribution is 4.93. The van der Waals surface area contributed by atoms with Gasteiger partial charge in [0, 0.05) is 0 Å². The molecular formula is C5HF9O2. The van der Waals surface area contributed by atoms with E-state index in [1.165, 1.54) is 0 Å². The van der Waals surface area contributed by atoms with E-state index in [4.69, 9.17) is 0 Å². The molecule has 0 aliphatic carbocycles. The van der Waals surface area contributed by atoms with Crippen molar-refractivity contribution in [3.63, 3.8) is 0 Å². The number of hydrogen-bond donors (Lipinski definition) is 0. The van der Waals surface area contributed by atoms with Crippen molar-refractivity contribution in [1.29, 1.82) is 0 Å². The second-order valence-corrected chi connectivity index (χ2v) is 2.70. The van der Waals surface area contributed by atoms with E-state index in [2.05, 4.69) is 9.47 Å². The summed E-state index contributed by atoms with van der Waals surface area (Å²) in [6.07, 6.45) is -16.9. The summed E-state index contributed by atoms with van der Waals surface area (Å²) in [4.78, 5) is 0. The molecule has 1 fully saturated rings. The minimum atomic E-state index is -6.45. The number of hydrogen-bond acceptors (Lipinski definition) is 2. The van der Waals surface area contributed by atoms with E-state index in [1.54, 1.807) is 0 Å². The molecule has 1 aliphatic rings. The Morgan fingerprint density at radius 3 is 1.50 bits per heavy atom. The Morgan fingerprint density at radius 1 is 0.875 bits per heavy atom. The van der Waals surface area contributed by atoms with Gasteiger partial charge < -0.3 is 0 Å². The van der Waals surface area contributed by atoms with E-state index < -0.39 is 30.6 Å². The fourth-order valence-corrected chi connectivity index (χ4v) is 0.824. The summed E-state index contributed by atoms with van der Waals surface area (Å²) < 4.78 is 113. The van der Waals surface area contributed by atoms with E-state index in [-0.39, 0.29) is 0 Å². The van der Waals surface area contributed by atoms with Crippen molar-refractivity contribution in [3.8, 4) is 0 Å². The zero-order valence-corrected chi connectivity index (χ0v) is 6.80. The van der Waals surface area contributed by atoms with Crippen LogP contribution >= 0.6 is 0 Å². The molecule has 0 N–H and O–H groups in total. The summed E-state index contributed by atoms with van der Waals surface area (Å²) in [5, 5.41) is 0. The molecule has 0 amide bonds. The lowest BCUT2D eigenvalue weighted by Gasteiger charge is -2.24. The van der Waals surface area contributed by atoms with Gasteiger partial charge in [-0.3, -0.25) is 4.74 Å². The molecule has 2 nitrogen and oxygen atoms in total. The van der Waals surface area contributed by atoms with Crippen LogP contribution in [0.25, 0.3) is 0 Å². The van der Waals surface area contributed by atoms with Crippen LogP contribution in [0.4, 0.5) is 39.5 Å². The second kappa shape index (κ2) is 3.15. The number of halogens is 9. The first-order valence-corrected chi connectivity index (χ1v) is 3.36. The Kier molecular flexibility index (Phi) is 2.63. The number of ether oxygens (including phenoxy) is 2. The molecule has 16 heavy (non-hydrogen) atoms. The van der Waals surface area contributed by atoms with Crippen molar-refractivity contribution in [2.75, 3.05) is 0 Å². The van der Waals surface area contributed by atoms with E-state index >= 15 is 0 Å². The van der Waals surface area contributed by atoms with E-state index in [9.17, 15) is 39.5 Å². The van der Waals surface area contributed by atoms with Crippen LogP contribution in [0.1, 0.15) is 0 Å². The normalized spacial score (nSPS) is 39.4. The fourth-order valence-electron chi connectivity index (χ4n) is 0.824. The Balaban J connectivity index is 3.16. The summed E-state index contributed by atoms with van der Waals surface area (Å²) in [7, 11) is 0. The number of rotatable bonds is 1. The maximum absolute atomic E-state index is 12.7. The quantitative estimate of drug-likeness (QED) is 0.678. The minimum Gasteiger partial charge on any atom is -0.266 e. The van der Waals surface area contributed by atoms with Crippen LogP contribution in [0, 0.1) is 0 Å². The Labute approximate surface area is 80.9 Å². The van der Waals surface area contributed by atoms with Gasteiger partial charge in [0.15, 0.2) is 0 Å². The molecule has 11 heteroatoms. The summed E-state index contributed by atoms with van der Waals surface area (Å²) >= 11 is 0. The molecule has 0 saturated carbocycles. The molecule has 1 saturated heterocycles. The highest BCUT2D eigenvalue weighted by Crippen LogP contribution is 2.56. The average Bonchev–Trinajstić information content (AvgIpc) is 2.18. The fraction of sp³-hybridized carbons (Fsp3) is 1.00. The molecular weight excluding hydrogens is 263 g/mol. The molecule has 1 aliphatic heterocycles. The molecule has 0 aromatic rings. The van der Waals surface area contributed by atoms with E-state index in [0.717, 1.165) is 0 Å². The summed E-state index contributed by atoms with van der Waals surface area (Å²) in [5.41, 5.74) is 0. The Bertz CT molecular complexity index is 288. The highest BCUT2D eigenvalue weighted by atomic mass is 19.4. The van der Waals surface area contributed by atoms with Crippen molar-refractivity contribution < 1.29 is 49.0 Å². The molecule has 0 aromatic carbocycles. The molecule has 0 bridgehead atoms. The van der Waals surface area contributed by atoms with Gasteiger partial charge in [0.1, 0.15) is 0 Å².